The summed E-state index contributed by atoms with van der Waals surface area (Å²) in [5, 5.41) is 0. The molecule has 0 atom stereocenters. The van der Waals surface area contributed by atoms with E-state index in [4.69, 9.17) is 0 Å². The molecule has 0 spiro atoms. The van der Waals surface area contributed by atoms with Crippen molar-refractivity contribution in [3.8, 4) is 0 Å². The molecule has 0 bridgehead atoms. The standard InChI is InChI=1S/C14H26BN/c1-5-7-11-16(4)12-8-10-14(15)13(3)9-6-2/h8,10,12H,3,5-7,9,11,15H2,1-2,4H3/b12-8+,14-10-. The largest absolute Gasteiger partial charge is 0.380 e. The predicted molar refractivity (Wildman–Crippen MR) is 77.4 cm³/mol. The van der Waals surface area contributed by atoms with Gasteiger partial charge in [0.15, 0.2) is 0 Å². The first-order chi connectivity index (χ1) is 7.61. The molecule has 0 fully saturated rings. The lowest BCUT2D eigenvalue weighted by Crippen LogP contribution is -2.11. The van der Waals surface area contributed by atoms with Crippen molar-refractivity contribution in [2.75, 3.05) is 13.6 Å². The average molecular weight is 219 g/mol. The van der Waals surface area contributed by atoms with Crippen LogP contribution in [0.15, 0.2) is 36.0 Å². The molecule has 0 aliphatic heterocycles. The number of rotatable bonds is 8. The Kier molecular flexibility index (Phi) is 8.79. The molecular formula is C14H26BN. The molecule has 0 aromatic rings. The van der Waals surface area contributed by atoms with Crippen molar-refractivity contribution >= 4 is 7.85 Å². The Morgan fingerprint density at radius 2 is 2.00 bits per heavy atom. The van der Waals surface area contributed by atoms with E-state index in [2.05, 4.69) is 58.6 Å². The highest BCUT2D eigenvalue weighted by molar-refractivity contribution is 6.24. The lowest BCUT2D eigenvalue weighted by atomic mass is 9.86. The van der Waals surface area contributed by atoms with E-state index < -0.39 is 0 Å². The molecule has 90 valence electrons. The van der Waals surface area contributed by atoms with Gasteiger partial charge in [0.25, 0.3) is 0 Å². The van der Waals surface area contributed by atoms with Gasteiger partial charge in [-0.25, -0.2) is 0 Å². The van der Waals surface area contributed by atoms with Gasteiger partial charge in [-0.2, -0.15) is 0 Å². The van der Waals surface area contributed by atoms with Crippen molar-refractivity contribution in [2.45, 2.75) is 39.5 Å². The maximum atomic E-state index is 4.08. The first-order valence-electron chi connectivity index (χ1n) is 6.35. The molecule has 0 saturated heterocycles. The van der Waals surface area contributed by atoms with Crippen LogP contribution >= 0.6 is 0 Å². The van der Waals surface area contributed by atoms with Crippen LogP contribution in [0.4, 0.5) is 0 Å². The topological polar surface area (TPSA) is 3.24 Å². The SMILES string of the molecule is B/C(=C\C=C\N(C)CCCC)C(=C)CCC. The highest BCUT2D eigenvalue weighted by Gasteiger charge is 1.93. The molecule has 1 nitrogen and oxygen atoms in total. The molecule has 0 aliphatic carbocycles. The third-order valence-electron chi connectivity index (χ3n) is 2.66. The fraction of sp³-hybridized carbons (Fsp3) is 0.571. The number of allylic oxidation sites excluding steroid dienone is 4. The zero-order chi connectivity index (χ0) is 12.4. The van der Waals surface area contributed by atoms with Gasteiger partial charge in [0.2, 0.25) is 0 Å². The Morgan fingerprint density at radius 3 is 2.56 bits per heavy atom. The number of hydrogen-bond donors (Lipinski definition) is 0. The summed E-state index contributed by atoms with van der Waals surface area (Å²) in [5.41, 5.74) is 2.55. The second kappa shape index (κ2) is 9.32. The molecule has 0 amide bonds. The second-order valence-corrected chi connectivity index (χ2v) is 4.38. The fourth-order valence-electron chi connectivity index (χ4n) is 1.43. The lowest BCUT2D eigenvalue weighted by molar-refractivity contribution is 0.441. The summed E-state index contributed by atoms with van der Waals surface area (Å²) in [5.74, 6) is 0. The molecule has 0 rings (SSSR count). The summed E-state index contributed by atoms with van der Waals surface area (Å²) in [4.78, 5) is 2.23. The van der Waals surface area contributed by atoms with Gasteiger partial charge in [-0.3, -0.25) is 0 Å². The van der Waals surface area contributed by atoms with E-state index in [0.29, 0.717) is 0 Å². The third kappa shape index (κ3) is 7.39. The molecule has 0 aromatic heterocycles. The van der Waals surface area contributed by atoms with Gasteiger partial charge in [0, 0.05) is 13.6 Å². The van der Waals surface area contributed by atoms with E-state index in [0.717, 1.165) is 13.0 Å². The lowest BCUT2D eigenvalue weighted by Gasteiger charge is -2.12. The normalized spacial score (nSPS) is 12.1. The Balaban J connectivity index is 4.04. The quantitative estimate of drug-likeness (QED) is 0.448. The van der Waals surface area contributed by atoms with E-state index in [1.807, 2.05) is 0 Å². The Morgan fingerprint density at radius 1 is 1.31 bits per heavy atom. The van der Waals surface area contributed by atoms with Crippen molar-refractivity contribution in [1.29, 1.82) is 0 Å². The van der Waals surface area contributed by atoms with Crippen molar-refractivity contribution in [3.05, 3.63) is 36.0 Å². The van der Waals surface area contributed by atoms with Gasteiger partial charge in [0.05, 0.1) is 0 Å². The molecule has 2 heteroatoms. The van der Waals surface area contributed by atoms with Crippen LogP contribution in [0.3, 0.4) is 0 Å². The highest BCUT2D eigenvalue weighted by atomic mass is 15.1. The highest BCUT2D eigenvalue weighted by Crippen LogP contribution is 2.10. The molecule has 0 N–H and O–H groups in total. The predicted octanol–water partition coefficient (Wildman–Crippen LogP) is 3.11. The molecular weight excluding hydrogens is 193 g/mol. The van der Waals surface area contributed by atoms with E-state index in [9.17, 15) is 0 Å². The molecule has 16 heavy (non-hydrogen) atoms. The monoisotopic (exact) mass is 219 g/mol. The fourth-order valence-corrected chi connectivity index (χ4v) is 1.43. The maximum Gasteiger partial charge on any atom is 0.139 e. The van der Waals surface area contributed by atoms with Crippen LogP contribution in [-0.2, 0) is 0 Å². The van der Waals surface area contributed by atoms with Crippen LogP contribution in [0, 0.1) is 0 Å². The minimum absolute atomic E-state index is 1.10. The van der Waals surface area contributed by atoms with Crippen molar-refractivity contribution in [3.63, 3.8) is 0 Å². The van der Waals surface area contributed by atoms with Crippen molar-refractivity contribution in [2.24, 2.45) is 0 Å². The third-order valence-corrected chi connectivity index (χ3v) is 2.66. The van der Waals surface area contributed by atoms with Crippen LogP contribution in [0.5, 0.6) is 0 Å². The molecule has 0 aromatic carbocycles. The summed E-state index contributed by atoms with van der Waals surface area (Å²) in [6, 6.07) is 0. The summed E-state index contributed by atoms with van der Waals surface area (Å²) in [6.45, 7) is 9.62. The first-order valence-corrected chi connectivity index (χ1v) is 6.35. The molecule has 0 radical (unpaired) electrons. The summed E-state index contributed by atoms with van der Waals surface area (Å²) in [6.07, 6.45) is 11.2. The van der Waals surface area contributed by atoms with Crippen LogP contribution in [0.1, 0.15) is 39.5 Å². The van der Waals surface area contributed by atoms with Crippen LogP contribution in [0.2, 0.25) is 0 Å². The van der Waals surface area contributed by atoms with Gasteiger partial charge in [0.1, 0.15) is 7.85 Å². The Bertz CT molecular complexity index is 253. The Labute approximate surface area is 102 Å². The van der Waals surface area contributed by atoms with Gasteiger partial charge >= 0.3 is 0 Å². The average Bonchev–Trinajstić information content (AvgIpc) is 2.26. The van der Waals surface area contributed by atoms with Gasteiger partial charge < -0.3 is 4.90 Å². The van der Waals surface area contributed by atoms with E-state index in [-0.39, 0.29) is 0 Å². The number of nitrogens with zero attached hydrogens (tertiary/aromatic N) is 1. The molecule has 0 unspecified atom stereocenters. The van der Waals surface area contributed by atoms with Crippen molar-refractivity contribution in [1.82, 2.24) is 4.90 Å². The minimum atomic E-state index is 1.10. The van der Waals surface area contributed by atoms with E-state index in [1.165, 1.54) is 30.3 Å². The Hall–Kier alpha value is -0.915. The summed E-state index contributed by atoms with van der Waals surface area (Å²) < 4.78 is 0. The zero-order valence-electron chi connectivity index (χ0n) is 11.4. The van der Waals surface area contributed by atoms with E-state index >= 15 is 0 Å². The molecule has 0 heterocycles. The molecule has 0 saturated carbocycles. The zero-order valence-corrected chi connectivity index (χ0v) is 11.4. The number of hydrogen-bond acceptors (Lipinski definition) is 1. The minimum Gasteiger partial charge on any atom is -0.380 e. The van der Waals surface area contributed by atoms with Crippen molar-refractivity contribution < 1.29 is 0 Å². The summed E-state index contributed by atoms with van der Waals surface area (Å²) in [7, 11) is 4.25. The van der Waals surface area contributed by atoms with Crippen LogP contribution in [-0.4, -0.2) is 26.3 Å². The first kappa shape index (κ1) is 15.1. The molecule has 0 aliphatic rings. The van der Waals surface area contributed by atoms with Gasteiger partial charge in [-0.05, 0) is 25.1 Å². The maximum absolute atomic E-state index is 4.08. The van der Waals surface area contributed by atoms with E-state index in [1.54, 1.807) is 0 Å². The van der Waals surface area contributed by atoms with Gasteiger partial charge in [-0.15, -0.1) is 0 Å². The van der Waals surface area contributed by atoms with Crippen LogP contribution in [0.25, 0.3) is 0 Å². The van der Waals surface area contributed by atoms with Gasteiger partial charge in [-0.1, -0.05) is 50.4 Å². The smallest absolute Gasteiger partial charge is 0.139 e. The summed E-state index contributed by atoms with van der Waals surface area (Å²) >= 11 is 0. The number of unbranched alkanes of at least 4 members (excludes halogenated alkanes) is 1. The van der Waals surface area contributed by atoms with Crippen LogP contribution < -0.4 is 0 Å². The second-order valence-electron chi connectivity index (χ2n) is 4.38.